The Hall–Kier alpha value is -1.19. The van der Waals surface area contributed by atoms with Crippen molar-refractivity contribution in [2.24, 2.45) is 5.73 Å². The zero-order valence-corrected chi connectivity index (χ0v) is 13.8. The van der Waals surface area contributed by atoms with Gasteiger partial charge >= 0.3 is 5.97 Å². The summed E-state index contributed by atoms with van der Waals surface area (Å²) in [6, 6.07) is 4.77. The quantitative estimate of drug-likeness (QED) is 0.571. The fourth-order valence-corrected chi connectivity index (χ4v) is 2.89. The SMILES string of the molecule is CCOC(=O)CS(=O)(=O)Nc1cc(Br)ccc1C(N)=S. The molecule has 0 amide bonds. The van der Waals surface area contributed by atoms with Gasteiger partial charge in [0.15, 0.2) is 5.75 Å². The number of nitrogens with one attached hydrogen (secondary N) is 1. The molecule has 9 heteroatoms. The molecule has 0 bridgehead atoms. The highest BCUT2D eigenvalue weighted by Gasteiger charge is 2.19. The van der Waals surface area contributed by atoms with Gasteiger partial charge in [-0.3, -0.25) is 9.52 Å². The number of ether oxygens (including phenoxy) is 1. The Morgan fingerprint density at radius 2 is 2.15 bits per heavy atom. The topological polar surface area (TPSA) is 98.5 Å². The second kappa shape index (κ2) is 7.00. The van der Waals surface area contributed by atoms with Gasteiger partial charge < -0.3 is 10.5 Å². The molecule has 0 aliphatic carbocycles. The third-order valence-corrected chi connectivity index (χ3v) is 3.99. The number of halogens is 1. The van der Waals surface area contributed by atoms with Crippen molar-refractivity contribution in [1.29, 1.82) is 0 Å². The monoisotopic (exact) mass is 380 g/mol. The fourth-order valence-electron chi connectivity index (χ4n) is 1.38. The highest BCUT2D eigenvalue weighted by molar-refractivity contribution is 9.10. The molecular formula is C11H13BrN2O4S2. The van der Waals surface area contributed by atoms with Gasteiger partial charge in [0, 0.05) is 10.0 Å². The summed E-state index contributed by atoms with van der Waals surface area (Å²) in [4.78, 5) is 11.3. The van der Waals surface area contributed by atoms with Crippen molar-refractivity contribution >= 4 is 54.8 Å². The van der Waals surface area contributed by atoms with Crippen molar-refractivity contribution in [3.63, 3.8) is 0 Å². The first-order valence-electron chi connectivity index (χ1n) is 5.50. The zero-order chi connectivity index (χ0) is 15.3. The van der Waals surface area contributed by atoms with Crippen LogP contribution in [0.4, 0.5) is 5.69 Å². The number of esters is 1. The van der Waals surface area contributed by atoms with Crippen LogP contribution in [0, 0.1) is 0 Å². The van der Waals surface area contributed by atoms with E-state index in [1.807, 2.05) is 0 Å². The van der Waals surface area contributed by atoms with Crippen molar-refractivity contribution in [2.45, 2.75) is 6.92 Å². The number of benzene rings is 1. The van der Waals surface area contributed by atoms with E-state index in [1.165, 1.54) is 6.07 Å². The van der Waals surface area contributed by atoms with Crippen LogP contribution in [-0.2, 0) is 19.6 Å². The van der Waals surface area contributed by atoms with Gasteiger partial charge in [-0.1, -0.05) is 28.1 Å². The fraction of sp³-hybridized carbons (Fsp3) is 0.273. The van der Waals surface area contributed by atoms with Crippen molar-refractivity contribution in [2.75, 3.05) is 17.1 Å². The minimum atomic E-state index is -3.89. The number of hydrogen-bond acceptors (Lipinski definition) is 5. The third-order valence-electron chi connectivity index (χ3n) is 2.13. The number of hydrogen-bond donors (Lipinski definition) is 2. The molecule has 0 atom stereocenters. The van der Waals surface area contributed by atoms with E-state index in [0.29, 0.717) is 10.0 Å². The molecule has 1 rings (SSSR count). The first-order chi connectivity index (χ1) is 9.25. The Kier molecular flexibility index (Phi) is 5.90. The van der Waals surface area contributed by atoms with E-state index in [2.05, 4.69) is 25.4 Å². The molecular weight excluding hydrogens is 368 g/mol. The molecule has 0 aliphatic rings. The van der Waals surface area contributed by atoms with Gasteiger partial charge in [0.05, 0.1) is 12.3 Å². The number of nitrogens with two attached hydrogens (primary N) is 1. The van der Waals surface area contributed by atoms with Gasteiger partial charge in [-0.25, -0.2) is 8.42 Å². The van der Waals surface area contributed by atoms with Crippen molar-refractivity contribution in [3.05, 3.63) is 28.2 Å². The predicted molar refractivity (Wildman–Crippen MR) is 84.1 cm³/mol. The van der Waals surface area contributed by atoms with Gasteiger partial charge in [-0.15, -0.1) is 0 Å². The van der Waals surface area contributed by atoms with E-state index in [-0.39, 0.29) is 17.3 Å². The van der Waals surface area contributed by atoms with Gasteiger partial charge in [0.25, 0.3) is 0 Å². The summed E-state index contributed by atoms with van der Waals surface area (Å²) in [7, 11) is -3.89. The van der Waals surface area contributed by atoms with Gasteiger partial charge in [-0.05, 0) is 25.1 Å². The Bertz CT molecular complexity index is 631. The lowest BCUT2D eigenvalue weighted by molar-refractivity contribution is -0.139. The Balaban J connectivity index is 3.00. The van der Waals surface area contributed by atoms with Crippen LogP contribution in [0.2, 0.25) is 0 Å². The third kappa shape index (κ3) is 5.06. The average Bonchev–Trinajstić information content (AvgIpc) is 2.26. The van der Waals surface area contributed by atoms with Crippen molar-refractivity contribution in [1.82, 2.24) is 0 Å². The largest absolute Gasteiger partial charge is 0.465 e. The first-order valence-corrected chi connectivity index (χ1v) is 8.36. The van der Waals surface area contributed by atoms with E-state index in [0.717, 1.165) is 0 Å². The van der Waals surface area contributed by atoms with Gasteiger partial charge in [0.1, 0.15) is 4.99 Å². The van der Waals surface area contributed by atoms with E-state index >= 15 is 0 Å². The lowest BCUT2D eigenvalue weighted by Crippen LogP contribution is -2.25. The minimum Gasteiger partial charge on any atom is -0.465 e. The number of carbonyl (C=O) groups excluding carboxylic acids is 1. The summed E-state index contributed by atoms with van der Waals surface area (Å²) in [6.07, 6.45) is 0. The molecule has 1 aromatic rings. The van der Waals surface area contributed by atoms with Crippen LogP contribution < -0.4 is 10.5 Å². The molecule has 6 nitrogen and oxygen atoms in total. The standard InChI is InChI=1S/C11H13BrN2O4S2/c1-2-18-10(15)6-20(16,17)14-9-5-7(12)3-4-8(9)11(13)19/h3-5,14H,2,6H2,1H3,(H2,13,19). The molecule has 20 heavy (non-hydrogen) atoms. The number of carbonyl (C=O) groups is 1. The summed E-state index contributed by atoms with van der Waals surface area (Å²) in [5, 5.41) is 0. The molecule has 0 fully saturated rings. The average molecular weight is 381 g/mol. The number of sulfonamides is 1. The van der Waals surface area contributed by atoms with E-state index in [1.54, 1.807) is 19.1 Å². The van der Waals surface area contributed by atoms with Crippen LogP contribution in [0.1, 0.15) is 12.5 Å². The molecule has 0 heterocycles. The normalized spacial score (nSPS) is 10.9. The Morgan fingerprint density at radius 3 is 2.70 bits per heavy atom. The van der Waals surface area contributed by atoms with Gasteiger partial charge in [-0.2, -0.15) is 0 Å². The van der Waals surface area contributed by atoms with Crippen LogP contribution in [0.25, 0.3) is 0 Å². The molecule has 0 aromatic heterocycles. The second-order valence-electron chi connectivity index (χ2n) is 3.72. The molecule has 0 saturated carbocycles. The second-order valence-corrected chi connectivity index (χ2v) is 6.80. The summed E-state index contributed by atoms with van der Waals surface area (Å²) in [5.41, 5.74) is 6.10. The Morgan fingerprint density at radius 1 is 1.50 bits per heavy atom. The Labute approximate surface area is 130 Å². The maximum absolute atomic E-state index is 11.9. The number of anilines is 1. The lowest BCUT2D eigenvalue weighted by Gasteiger charge is -2.12. The van der Waals surface area contributed by atoms with E-state index in [9.17, 15) is 13.2 Å². The predicted octanol–water partition coefficient (Wildman–Crippen LogP) is 1.39. The van der Waals surface area contributed by atoms with E-state index < -0.39 is 21.7 Å². The van der Waals surface area contributed by atoms with Crippen LogP contribution in [0.3, 0.4) is 0 Å². The van der Waals surface area contributed by atoms with Crippen LogP contribution >= 0.6 is 28.1 Å². The van der Waals surface area contributed by atoms with Crippen molar-refractivity contribution in [3.8, 4) is 0 Å². The lowest BCUT2D eigenvalue weighted by atomic mass is 10.2. The maximum atomic E-state index is 11.9. The zero-order valence-electron chi connectivity index (χ0n) is 10.6. The maximum Gasteiger partial charge on any atom is 0.323 e. The number of thiocarbonyl (C=S) groups is 1. The highest BCUT2D eigenvalue weighted by Crippen LogP contribution is 2.22. The summed E-state index contributed by atoms with van der Waals surface area (Å²) >= 11 is 8.07. The summed E-state index contributed by atoms with van der Waals surface area (Å²) < 4.78 is 31.2. The molecule has 0 radical (unpaired) electrons. The molecule has 3 N–H and O–H groups in total. The summed E-state index contributed by atoms with van der Waals surface area (Å²) in [5.74, 6) is -1.60. The molecule has 0 spiro atoms. The van der Waals surface area contributed by atoms with Crippen LogP contribution in [0.5, 0.6) is 0 Å². The highest BCUT2D eigenvalue weighted by atomic mass is 79.9. The number of rotatable bonds is 6. The smallest absolute Gasteiger partial charge is 0.323 e. The van der Waals surface area contributed by atoms with Crippen molar-refractivity contribution < 1.29 is 17.9 Å². The van der Waals surface area contributed by atoms with Crippen LogP contribution in [0.15, 0.2) is 22.7 Å². The summed E-state index contributed by atoms with van der Waals surface area (Å²) in [6.45, 7) is 1.71. The minimum absolute atomic E-state index is 0.0475. The molecule has 110 valence electrons. The molecule has 1 aromatic carbocycles. The van der Waals surface area contributed by atoms with Crippen LogP contribution in [-0.4, -0.2) is 31.7 Å². The van der Waals surface area contributed by atoms with Gasteiger partial charge in [0.2, 0.25) is 10.0 Å². The molecule has 0 unspecified atom stereocenters. The molecule has 0 aliphatic heterocycles. The first kappa shape index (κ1) is 16.9. The molecule has 0 saturated heterocycles. The van der Waals surface area contributed by atoms with E-state index in [4.69, 9.17) is 18.0 Å².